The van der Waals surface area contributed by atoms with Crippen LogP contribution in [-0.4, -0.2) is 18.9 Å². The fraction of sp³-hybridized carbons (Fsp3) is 0.536. The average molecular weight is 420 g/mol. The van der Waals surface area contributed by atoms with E-state index in [2.05, 4.69) is 36.5 Å². The molecule has 4 atom stereocenters. The number of Topliss-reactive ketones (excluding diaryl/α,β-unsaturated/α-hetero) is 1. The van der Waals surface area contributed by atoms with Gasteiger partial charge in [0.2, 0.25) is 0 Å². The lowest BCUT2D eigenvalue weighted by Gasteiger charge is -2.25. The number of rotatable bonds is 9. The van der Waals surface area contributed by atoms with E-state index in [4.69, 9.17) is 4.74 Å². The molecule has 1 N–H and O–H groups in total. The molecular weight excluding hydrogens is 382 g/mol. The van der Waals surface area contributed by atoms with Crippen molar-refractivity contribution < 1.29 is 9.53 Å². The maximum atomic E-state index is 12.5. The maximum Gasteiger partial charge on any atom is 0.165 e. The lowest BCUT2D eigenvalue weighted by atomic mass is 9.89. The summed E-state index contributed by atoms with van der Waals surface area (Å²) in [7, 11) is 0. The zero-order chi connectivity index (χ0) is 21.8. The van der Waals surface area contributed by atoms with Crippen LogP contribution in [0.1, 0.15) is 74.0 Å². The van der Waals surface area contributed by atoms with Gasteiger partial charge in [-0.3, -0.25) is 4.79 Å². The molecule has 166 valence electrons. The van der Waals surface area contributed by atoms with Crippen LogP contribution in [0.5, 0.6) is 5.75 Å². The van der Waals surface area contributed by atoms with Gasteiger partial charge in [-0.1, -0.05) is 63.6 Å². The van der Waals surface area contributed by atoms with Gasteiger partial charge in [0.15, 0.2) is 5.78 Å². The molecule has 2 aromatic rings. The van der Waals surface area contributed by atoms with Crippen LogP contribution in [-0.2, 0) is 6.42 Å². The van der Waals surface area contributed by atoms with Crippen LogP contribution in [0.3, 0.4) is 0 Å². The van der Waals surface area contributed by atoms with E-state index in [1.807, 2.05) is 38.1 Å². The molecule has 4 rings (SSSR count). The predicted octanol–water partition coefficient (Wildman–Crippen LogP) is 6.23. The topological polar surface area (TPSA) is 38.3 Å². The van der Waals surface area contributed by atoms with Crippen molar-refractivity contribution in [3.63, 3.8) is 0 Å². The number of fused-ring (bicyclic) bond motifs is 1. The summed E-state index contributed by atoms with van der Waals surface area (Å²) < 4.78 is 6.62. The Hall–Kier alpha value is -2.13. The highest BCUT2D eigenvalue weighted by Gasteiger charge is 2.37. The summed E-state index contributed by atoms with van der Waals surface area (Å²) in [6.07, 6.45) is 6.43. The number of ketones is 1. The normalized spacial score (nSPS) is 25.0. The molecule has 4 unspecified atom stereocenters. The lowest BCUT2D eigenvalue weighted by molar-refractivity contribution is 0.0937. The molecule has 2 aromatic carbocycles. The molecule has 31 heavy (non-hydrogen) atoms. The molecule has 0 heterocycles. The van der Waals surface area contributed by atoms with Crippen LogP contribution in [0, 0.1) is 23.7 Å². The van der Waals surface area contributed by atoms with Gasteiger partial charge in [-0.2, -0.15) is 0 Å². The largest absolute Gasteiger partial charge is 0.485 e. The molecule has 1 saturated carbocycles. The zero-order valence-electron chi connectivity index (χ0n) is 19.3. The Morgan fingerprint density at radius 2 is 1.90 bits per heavy atom. The quantitative estimate of drug-likeness (QED) is 0.489. The second-order valence-electron chi connectivity index (χ2n) is 9.84. The summed E-state index contributed by atoms with van der Waals surface area (Å²) in [5, 5.41) is 3.53. The van der Waals surface area contributed by atoms with Crippen molar-refractivity contribution in [1.29, 1.82) is 0 Å². The third-order valence-corrected chi connectivity index (χ3v) is 7.15. The molecule has 0 bridgehead atoms. The van der Waals surface area contributed by atoms with Gasteiger partial charge in [0, 0.05) is 17.4 Å². The molecule has 1 fully saturated rings. The van der Waals surface area contributed by atoms with Crippen molar-refractivity contribution >= 4 is 5.78 Å². The number of carbonyl (C=O) groups excluding carboxylic acids is 1. The van der Waals surface area contributed by atoms with Gasteiger partial charge >= 0.3 is 0 Å². The molecule has 0 aliphatic heterocycles. The van der Waals surface area contributed by atoms with E-state index in [0.717, 1.165) is 42.7 Å². The van der Waals surface area contributed by atoms with Gasteiger partial charge in [0.1, 0.15) is 11.9 Å². The first-order valence-electron chi connectivity index (χ1n) is 12.1. The standard InChI is InChI=1S/C28H37NO2/c1-4-29-18-21-13-12-20(14-21)15-24-16-22-8-5-6-11-26(22)28(24)31-25-10-7-9-23(17-25)27(30)19(2)3/h5-11,17,19-21,24,28-29H,4,12-16,18H2,1-3H3. The van der Waals surface area contributed by atoms with E-state index < -0.39 is 0 Å². The van der Waals surface area contributed by atoms with Crippen LogP contribution >= 0.6 is 0 Å². The minimum absolute atomic E-state index is 0.00674. The zero-order valence-corrected chi connectivity index (χ0v) is 19.3. The molecule has 0 radical (unpaired) electrons. The molecule has 0 spiro atoms. The number of carbonyl (C=O) groups is 1. The van der Waals surface area contributed by atoms with Crippen molar-refractivity contribution in [2.75, 3.05) is 13.1 Å². The van der Waals surface area contributed by atoms with Gasteiger partial charge in [0.25, 0.3) is 0 Å². The summed E-state index contributed by atoms with van der Waals surface area (Å²) >= 11 is 0. The monoisotopic (exact) mass is 419 g/mol. The maximum absolute atomic E-state index is 12.5. The highest BCUT2D eigenvalue weighted by atomic mass is 16.5. The van der Waals surface area contributed by atoms with Crippen molar-refractivity contribution in [2.45, 2.75) is 59.0 Å². The van der Waals surface area contributed by atoms with Crippen molar-refractivity contribution in [3.05, 3.63) is 65.2 Å². The van der Waals surface area contributed by atoms with E-state index in [1.165, 1.54) is 36.8 Å². The Labute approximate surface area is 187 Å². The number of ether oxygens (including phenoxy) is 1. The minimum atomic E-state index is -0.00674. The van der Waals surface area contributed by atoms with E-state index in [1.54, 1.807) is 0 Å². The number of hydrogen-bond acceptors (Lipinski definition) is 3. The number of hydrogen-bond donors (Lipinski definition) is 1. The number of nitrogens with one attached hydrogen (secondary N) is 1. The van der Waals surface area contributed by atoms with Crippen molar-refractivity contribution in [3.8, 4) is 5.75 Å². The molecule has 0 amide bonds. The fourth-order valence-corrected chi connectivity index (χ4v) is 5.56. The van der Waals surface area contributed by atoms with Gasteiger partial charge in [-0.15, -0.1) is 0 Å². The van der Waals surface area contributed by atoms with Gasteiger partial charge < -0.3 is 10.1 Å². The SMILES string of the molecule is CCNCC1CCC(CC2Cc3ccccc3C2Oc2cccc(C(=O)C(C)C)c2)C1. The Morgan fingerprint density at radius 3 is 2.71 bits per heavy atom. The molecule has 0 aromatic heterocycles. The summed E-state index contributed by atoms with van der Waals surface area (Å²) in [6.45, 7) is 8.31. The van der Waals surface area contributed by atoms with E-state index >= 15 is 0 Å². The van der Waals surface area contributed by atoms with E-state index in [-0.39, 0.29) is 17.8 Å². The van der Waals surface area contributed by atoms with Crippen LogP contribution in [0.2, 0.25) is 0 Å². The third kappa shape index (κ3) is 5.20. The van der Waals surface area contributed by atoms with E-state index in [9.17, 15) is 4.79 Å². The minimum Gasteiger partial charge on any atom is -0.485 e. The van der Waals surface area contributed by atoms with Crippen LogP contribution in [0.4, 0.5) is 0 Å². The number of benzene rings is 2. The van der Waals surface area contributed by atoms with Gasteiger partial charge in [-0.05, 0) is 73.9 Å². The first-order chi connectivity index (χ1) is 15.0. The Balaban J connectivity index is 1.49. The predicted molar refractivity (Wildman–Crippen MR) is 127 cm³/mol. The summed E-state index contributed by atoms with van der Waals surface area (Å²) in [5.41, 5.74) is 3.50. The molecular formula is C28H37NO2. The van der Waals surface area contributed by atoms with Crippen molar-refractivity contribution in [2.24, 2.45) is 23.7 Å². The first kappa shape index (κ1) is 22.1. The molecule has 2 aliphatic carbocycles. The van der Waals surface area contributed by atoms with E-state index in [0.29, 0.717) is 5.92 Å². The highest BCUT2D eigenvalue weighted by molar-refractivity contribution is 5.97. The second kappa shape index (κ2) is 9.99. The molecule has 3 nitrogen and oxygen atoms in total. The summed E-state index contributed by atoms with van der Waals surface area (Å²) in [4.78, 5) is 12.5. The average Bonchev–Trinajstić information content (AvgIpc) is 3.36. The molecule has 2 aliphatic rings. The smallest absolute Gasteiger partial charge is 0.165 e. The van der Waals surface area contributed by atoms with Crippen molar-refractivity contribution in [1.82, 2.24) is 5.32 Å². The molecule has 0 saturated heterocycles. The van der Waals surface area contributed by atoms with Crippen LogP contribution < -0.4 is 10.1 Å². The fourth-order valence-electron chi connectivity index (χ4n) is 5.56. The third-order valence-electron chi connectivity index (χ3n) is 7.15. The summed E-state index contributed by atoms with van der Waals surface area (Å²) in [6, 6.07) is 16.5. The molecule has 3 heteroatoms. The first-order valence-corrected chi connectivity index (χ1v) is 12.1. The Morgan fingerprint density at radius 1 is 1.10 bits per heavy atom. The summed E-state index contributed by atoms with van der Waals surface area (Å²) in [5.74, 6) is 3.10. The Bertz CT molecular complexity index is 890. The van der Waals surface area contributed by atoms with Gasteiger partial charge in [0.05, 0.1) is 0 Å². The van der Waals surface area contributed by atoms with Gasteiger partial charge in [-0.25, -0.2) is 0 Å². The Kier molecular flexibility index (Phi) is 7.12. The second-order valence-corrected chi connectivity index (χ2v) is 9.84. The van der Waals surface area contributed by atoms with Crippen LogP contribution in [0.15, 0.2) is 48.5 Å². The highest BCUT2D eigenvalue weighted by Crippen LogP contribution is 2.45. The lowest BCUT2D eigenvalue weighted by Crippen LogP contribution is -2.21. The van der Waals surface area contributed by atoms with Crippen LogP contribution in [0.25, 0.3) is 0 Å².